The molecule has 1 saturated heterocycles. The van der Waals surface area contributed by atoms with Crippen molar-refractivity contribution in [2.24, 2.45) is 5.92 Å². The zero-order chi connectivity index (χ0) is 17.8. The number of hydrogen-bond donors (Lipinski definition) is 1. The summed E-state index contributed by atoms with van der Waals surface area (Å²) in [5.74, 6) is 1.89. The van der Waals surface area contributed by atoms with Gasteiger partial charge in [-0.05, 0) is 57.4 Å². The van der Waals surface area contributed by atoms with Gasteiger partial charge >= 0.3 is 0 Å². The van der Waals surface area contributed by atoms with Crippen molar-refractivity contribution in [3.05, 3.63) is 41.5 Å². The van der Waals surface area contributed by atoms with Crippen molar-refractivity contribution in [3.63, 3.8) is 0 Å². The maximum atomic E-state index is 4.71. The third kappa shape index (κ3) is 4.98. The van der Waals surface area contributed by atoms with Crippen LogP contribution in [0.5, 0.6) is 0 Å². The minimum Gasteiger partial charge on any atom is -0.323 e. The van der Waals surface area contributed by atoms with Crippen LogP contribution in [0.15, 0.2) is 24.4 Å². The molecule has 0 amide bonds. The maximum absolute atomic E-state index is 4.71. The average molecular weight is 339 g/mol. The van der Waals surface area contributed by atoms with Crippen LogP contribution >= 0.6 is 0 Å². The van der Waals surface area contributed by atoms with Crippen LogP contribution in [0.3, 0.4) is 0 Å². The molecule has 25 heavy (non-hydrogen) atoms. The Labute approximate surface area is 150 Å². The lowest BCUT2D eigenvalue weighted by molar-refractivity contribution is 0.186. The van der Waals surface area contributed by atoms with Gasteiger partial charge in [0, 0.05) is 36.1 Å². The van der Waals surface area contributed by atoms with Gasteiger partial charge in [-0.15, -0.1) is 0 Å². The predicted octanol–water partition coefficient (Wildman–Crippen LogP) is 4.07. The smallest absolute Gasteiger partial charge is 0.227 e. The molecule has 0 bridgehead atoms. The topological polar surface area (TPSA) is 53.9 Å². The Morgan fingerprint density at radius 3 is 2.60 bits per heavy atom. The van der Waals surface area contributed by atoms with E-state index < -0.39 is 0 Å². The van der Waals surface area contributed by atoms with E-state index in [0.717, 1.165) is 29.5 Å². The number of pyridine rings is 1. The largest absolute Gasteiger partial charge is 0.323 e. The van der Waals surface area contributed by atoms with Gasteiger partial charge < -0.3 is 10.2 Å². The van der Waals surface area contributed by atoms with Crippen LogP contribution in [-0.4, -0.2) is 39.5 Å². The maximum Gasteiger partial charge on any atom is 0.227 e. The second kappa shape index (κ2) is 7.91. The summed E-state index contributed by atoms with van der Waals surface area (Å²) < 4.78 is 0. The molecule has 1 atom stereocenters. The second-order valence-electron chi connectivity index (χ2n) is 7.56. The monoisotopic (exact) mass is 339 g/mol. The summed E-state index contributed by atoms with van der Waals surface area (Å²) in [7, 11) is 0. The van der Waals surface area contributed by atoms with E-state index in [4.69, 9.17) is 4.98 Å². The van der Waals surface area contributed by atoms with Gasteiger partial charge in [0.1, 0.15) is 0 Å². The SMILES string of the molecule is Cc1cc(C)nc(Nc2ccc(C3CCCN(CC(C)C)C3)nc2)n1. The van der Waals surface area contributed by atoms with E-state index in [0.29, 0.717) is 11.9 Å². The lowest BCUT2D eigenvalue weighted by Crippen LogP contribution is -2.37. The molecule has 0 aliphatic carbocycles. The van der Waals surface area contributed by atoms with Gasteiger partial charge in [-0.3, -0.25) is 4.98 Å². The summed E-state index contributed by atoms with van der Waals surface area (Å²) in [6.45, 7) is 12.1. The number of hydrogen-bond acceptors (Lipinski definition) is 5. The van der Waals surface area contributed by atoms with Gasteiger partial charge in [0.2, 0.25) is 5.95 Å². The molecule has 2 aromatic heterocycles. The standard InChI is InChI=1S/C20H29N5/c1-14(2)12-25-9-5-6-17(13-25)19-8-7-18(11-21-19)24-20-22-15(3)10-16(4)23-20/h7-8,10-11,14,17H,5-6,9,12-13H2,1-4H3,(H,22,23,24). The first-order valence-electron chi connectivity index (χ1n) is 9.27. The Kier molecular flexibility index (Phi) is 5.63. The number of aryl methyl sites for hydroxylation is 2. The highest BCUT2D eigenvalue weighted by molar-refractivity contribution is 5.52. The lowest BCUT2D eigenvalue weighted by Gasteiger charge is -2.33. The predicted molar refractivity (Wildman–Crippen MR) is 102 cm³/mol. The van der Waals surface area contributed by atoms with E-state index in [1.165, 1.54) is 31.6 Å². The van der Waals surface area contributed by atoms with Gasteiger partial charge in [-0.2, -0.15) is 0 Å². The Bertz CT molecular complexity index is 675. The van der Waals surface area contributed by atoms with Crippen LogP contribution in [-0.2, 0) is 0 Å². The fourth-order valence-electron chi connectivity index (χ4n) is 3.61. The molecule has 5 heteroatoms. The molecule has 1 aliphatic rings. The van der Waals surface area contributed by atoms with Crippen molar-refractivity contribution in [1.82, 2.24) is 19.9 Å². The van der Waals surface area contributed by atoms with Crippen LogP contribution in [0.2, 0.25) is 0 Å². The Balaban J connectivity index is 1.65. The minimum atomic E-state index is 0.541. The molecule has 0 saturated carbocycles. The Morgan fingerprint density at radius 1 is 1.20 bits per heavy atom. The second-order valence-corrected chi connectivity index (χ2v) is 7.56. The van der Waals surface area contributed by atoms with Crippen LogP contribution in [0.4, 0.5) is 11.6 Å². The third-order valence-corrected chi connectivity index (χ3v) is 4.57. The molecule has 0 radical (unpaired) electrons. The van der Waals surface area contributed by atoms with E-state index in [1.54, 1.807) is 0 Å². The van der Waals surface area contributed by atoms with Crippen molar-refractivity contribution in [2.75, 3.05) is 25.0 Å². The van der Waals surface area contributed by atoms with E-state index in [1.807, 2.05) is 26.1 Å². The lowest BCUT2D eigenvalue weighted by atomic mass is 9.93. The molecule has 134 valence electrons. The molecule has 3 heterocycles. The number of nitrogens with one attached hydrogen (secondary N) is 1. The van der Waals surface area contributed by atoms with Crippen LogP contribution in [0.1, 0.15) is 49.7 Å². The minimum absolute atomic E-state index is 0.541. The molecule has 1 aliphatic heterocycles. The number of aromatic nitrogens is 3. The van der Waals surface area contributed by atoms with Gasteiger partial charge in [0.25, 0.3) is 0 Å². The van der Waals surface area contributed by atoms with Gasteiger partial charge in [0.15, 0.2) is 0 Å². The first kappa shape index (κ1) is 17.8. The number of anilines is 2. The molecule has 2 aromatic rings. The summed E-state index contributed by atoms with van der Waals surface area (Å²) in [4.78, 5) is 16.1. The normalized spacial score (nSPS) is 18.5. The van der Waals surface area contributed by atoms with Crippen molar-refractivity contribution in [2.45, 2.75) is 46.5 Å². The van der Waals surface area contributed by atoms with Gasteiger partial charge in [-0.25, -0.2) is 9.97 Å². The summed E-state index contributed by atoms with van der Waals surface area (Å²) >= 11 is 0. The summed E-state index contributed by atoms with van der Waals surface area (Å²) in [5, 5.41) is 3.26. The summed E-state index contributed by atoms with van der Waals surface area (Å²) in [6, 6.07) is 6.21. The van der Waals surface area contributed by atoms with E-state index in [-0.39, 0.29) is 0 Å². The molecule has 0 spiro atoms. The van der Waals surface area contributed by atoms with E-state index in [9.17, 15) is 0 Å². The molecule has 1 fully saturated rings. The van der Waals surface area contributed by atoms with Crippen LogP contribution < -0.4 is 5.32 Å². The van der Waals surface area contributed by atoms with Crippen molar-refractivity contribution >= 4 is 11.6 Å². The molecule has 5 nitrogen and oxygen atoms in total. The Hall–Kier alpha value is -2.01. The Morgan fingerprint density at radius 2 is 1.96 bits per heavy atom. The number of piperidine rings is 1. The highest BCUT2D eigenvalue weighted by Crippen LogP contribution is 2.27. The van der Waals surface area contributed by atoms with Gasteiger partial charge in [-0.1, -0.05) is 13.8 Å². The van der Waals surface area contributed by atoms with Crippen molar-refractivity contribution in [3.8, 4) is 0 Å². The molecule has 1 N–H and O–H groups in total. The fraction of sp³-hybridized carbons (Fsp3) is 0.550. The first-order chi connectivity index (χ1) is 12.0. The van der Waals surface area contributed by atoms with E-state index in [2.05, 4.69) is 46.2 Å². The van der Waals surface area contributed by atoms with Crippen LogP contribution in [0.25, 0.3) is 0 Å². The van der Waals surface area contributed by atoms with Crippen molar-refractivity contribution < 1.29 is 0 Å². The number of nitrogens with zero attached hydrogens (tertiary/aromatic N) is 4. The molecular weight excluding hydrogens is 310 g/mol. The molecular formula is C20H29N5. The average Bonchev–Trinajstić information content (AvgIpc) is 2.54. The van der Waals surface area contributed by atoms with Crippen LogP contribution in [0, 0.1) is 19.8 Å². The summed E-state index contributed by atoms with van der Waals surface area (Å²) in [5.41, 5.74) is 4.06. The fourth-order valence-corrected chi connectivity index (χ4v) is 3.61. The zero-order valence-corrected chi connectivity index (χ0v) is 15.8. The van der Waals surface area contributed by atoms with E-state index >= 15 is 0 Å². The highest BCUT2D eigenvalue weighted by atomic mass is 15.1. The van der Waals surface area contributed by atoms with Crippen molar-refractivity contribution in [1.29, 1.82) is 0 Å². The molecule has 1 unspecified atom stereocenters. The third-order valence-electron chi connectivity index (χ3n) is 4.57. The number of rotatable bonds is 5. The first-order valence-corrected chi connectivity index (χ1v) is 9.27. The summed E-state index contributed by atoms with van der Waals surface area (Å²) in [6.07, 6.45) is 4.39. The molecule has 0 aromatic carbocycles. The van der Waals surface area contributed by atoms with Gasteiger partial charge in [0.05, 0.1) is 11.9 Å². The highest BCUT2D eigenvalue weighted by Gasteiger charge is 2.22. The molecule has 3 rings (SSSR count). The zero-order valence-electron chi connectivity index (χ0n) is 15.8. The number of likely N-dealkylation sites (tertiary alicyclic amines) is 1. The quantitative estimate of drug-likeness (QED) is 0.890.